The Morgan fingerprint density at radius 3 is 2.88 bits per heavy atom. The topological polar surface area (TPSA) is 63.3 Å². The molecule has 86 valence electrons. The summed E-state index contributed by atoms with van der Waals surface area (Å²) in [7, 11) is 0. The van der Waals surface area contributed by atoms with Crippen molar-refractivity contribution in [3.63, 3.8) is 0 Å². The third-order valence-electron chi connectivity index (χ3n) is 3.17. The Kier molecular flexibility index (Phi) is 2.04. The highest BCUT2D eigenvalue weighted by Gasteiger charge is 2.32. The number of carboxylic acids is 1. The van der Waals surface area contributed by atoms with Crippen LogP contribution in [-0.4, -0.2) is 16.1 Å². The molecule has 17 heavy (non-hydrogen) atoms. The minimum Gasteiger partial charge on any atom is -0.476 e. The van der Waals surface area contributed by atoms with Crippen molar-refractivity contribution < 1.29 is 14.3 Å². The van der Waals surface area contributed by atoms with Crippen molar-refractivity contribution in [2.75, 3.05) is 0 Å². The number of hydrogen-bond donors (Lipinski definition) is 1. The van der Waals surface area contributed by atoms with Gasteiger partial charge in [-0.1, -0.05) is 24.3 Å². The second-order valence-electron chi connectivity index (χ2n) is 4.22. The van der Waals surface area contributed by atoms with E-state index in [-0.39, 0.29) is 11.6 Å². The van der Waals surface area contributed by atoms with Crippen molar-refractivity contribution in [2.24, 2.45) is 0 Å². The summed E-state index contributed by atoms with van der Waals surface area (Å²) >= 11 is 0. The van der Waals surface area contributed by atoms with Crippen LogP contribution in [0.5, 0.6) is 0 Å². The lowest BCUT2D eigenvalue weighted by Crippen LogP contribution is -2.18. The summed E-state index contributed by atoms with van der Waals surface area (Å²) < 4.78 is 5.44. The average molecular weight is 229 g/mol. The van der Waals surface area contributed by atoms with Crippen LogP contribution in [0.1, 0.15) is 39.2 Å². The molecule has 0 radical (unpaired) electrons. The highest BCUT2D eigenvalue weighted by Crippen LogP contribution is 2.39. The zero-order valence-corrected chi connectivity index (χ0v) is 9.30. The Morgan fingerprint density at radius 1 is 1.47 bits per heavy atom. The van der Waals surface area contributed by atoms with Gasteiger partial charge in [-0.05, 0) is 24.5 Å². The Labute approximate surface area is 97.9 Å². The standard InChI is InChI=1S/C13H11NO3/c1-7-11(13(15)16)14-12(17-7)10-6-8-4-2-3-5-9(8)10/h2-5,10H,6H2,1H3,(H,15,16). The molecule has 0 spiro atoms. The third-order valence-corrected chi connectivity index (χ3v) is 3.17. The number of fused-ring (bicyclic) bond motifs is 1. The first-order chi connectivity index (χ1) is 8.16. The predicted molar refractivity (Wildman–Crippen MR) is 60.2 cm³/mol. The maximum absolute atomic E-state index is 10.9. The molecule has 0 bridgehead atoms. The van der Waals surface area contributed by atoms with Crippen LogP contribution >= 0.6 is 0 Å². The number of hydrogen-bond acceptors (Lipinski definition) is 3. The first kappa shape index (κ1) is 10.1. The van der Waals surface area contributed by atoms with E-state index in [1.807, 2.05) is 18.2 Å². The van der Waals surface area contributed by atoms with Gasteiger partial charge in [0.2, 0.25) is 5.89 Å². The Bertz CT molecular complexity index is 600. The zero-order valence-electron chi connectivity index (χ0n) is 9.30. The Balaban J connectivity index is 1.98. The van der Waals surface area contributed by atoms with Gasteiger partial charge in [-0.15, -0.1) is 0 Å². The number of aromatic carboxylic acids is 1. The van der Waals surface area contributed by atoms with Gasteiger partial charge in [-0.2, -0.15) is 0 Å². The monoisotopic (exact) mass is 229 g/mol. The molecule has 1 aromatic heterocycles. The molecular formula is C13H11NO3. The van der Waals surface area contributed by atoms with Gasteiger partial charge >= 0.3 is 5.97 Å². The van der Waals surface area contributed by atoms with Crippen LogP contribution in [0.4, 0.5) is 0 Å². The van der Waals surface area contributed by atoms with Gasteiger partial charge in [-0.3, -0.25) is 0 Å². The van der Waals surface area contributed by atoms with Crippen LogP contribution in [0.2, 0.25) is 0 Å². The number of carboxylic acid groups (broad SMARTS) is 1. The van der Waals surface area contributed by atoms with Crippen LogP contribution in [-0.2, 0) is 6.42 Å². The molecule has 0 saturated heterocycles. The second kappa shape index (κ2) is 3.45. The molecular weight excluding hydrogens is 218 g/mol. The van der Waals surface area contributed by atoms with Gasteiger partial charge in [0.05, 0.1) is 5.92 Å². The maximum atomic E-state index is 10.9. The van der Waals surface area contributed by atoms with Crippen molar-refractivity contribution in [2.45, 2.75) is 19.3 Å². The van der Waals surface area contributed by atoms with Gasteiger partial charge in [-0.25, -0.2) is 9.78 Å². The molecule has 0 saturated carbocycles. The zero-order chi connectivity index (χ0) is 12.0. The minimum atomic E-state index is -1.04. The summed E-state index contributed by atoms with van der Waals surface area (Å²) in [5.41, 5.74) is 2.49. The lowest BCUT2D eigenvalue weighted by molar-refractivity contribution is 0.0689. The number of oxazole rings is 1. The minimum absolute atomic E-state index is 0.0179. The number of aromatic nitrogens is 1. The van der Waals surface area contributed by atoms with Crippen molar-refractivity contribution in [3.8, 4) is 0 Å². The van der Waals surface area contributed by atoms with E-state index < -0.39 is 5.97 Å². The third kappa shape index (κ3) is 1.45. The van der Waals surface area contributed by atoms with Crippen molar-refractivity contribution >= 4 is 5.97 Å². The van der Waals surface area contributed by atoms with Gasteiger partial charge in [0, 0.05) is 0 Å². The quantitative estimate of drug-likeness (QED) is 0.858. The Morgan fingerprint density at radius 2 is 2.24 bits per heavy atom. The molecule has 3 rings (SSSR count). The normalized spacial score (nSPS) is 17.4. The summed E-state index contributed by atoms with van der Waals surface area (Å²) in [5, 5.41) is 8.92. The van der Waals surface area contributed by atoms with E-state index in [0.717, 1.165) is 6.42 Å². The summed E-state index contributed by atoms with van der Waals surface area (Å²) in [4.78, 5) is 15.0. The van der Waals surface area contributed by atoms with E-state index in [4.69, 9.17) is 9.52 Å². The first-order valence-corrected chi connectivity index (χ1v) is 5.45. The average Bonchev–Trinajstić information content (AvgIpc) is 2.62. The number of benzene rings is 1. The summed E-state index contributed by atoms with van der Waals surface area (Å²) in [6.07, 6.45) is 0.870. The lowest BCUT2D eigenvalue weighted by Gasteiger charge is -2.27. The van der Waals surface area contributed by atoms with Gasteiger partial charge in [0.1, 0.15) is 5.76 Å². The molecule has 1 aliphatic rings. The van der Waals surface area contributed by atoms with E-state index in [2.05, 4.69) is 11.1 Å². The number of aryl methyl sites for hydroxylation is 1. The second-order valence-corrected chi connectivity index (χ2v) is 4.22. The highest BCUT2D eigenvalue weighted by atomic mass is 16.4. The van der Waals surface area contributed by atoms with Gasteiger partial charge < -0.3 is 9.52 Å². The van der Waals surface area contributed by atoms with E-state index in [0.29, 0.717) is 11.7 Å². The van der Waals surface area contributed by atoms with E-state index in [9.17, 15) is 4.79 Å². The molecule has 1 N–H and O–H groups in total. The van der Waals surface area contributed by atoms with Crippen molar-refractivity contribution in [1.29, 1.82) is 0 Å². The van der Waals surface area contributed by atoms with Crippen LogP contribution in [0.15, 0.2) is 28.7 Å². The number of nitrogens with zero attached hydrogens (tertiary/aromatic N) is 1. The maximum Gasteiger partial charge on any atom is 0.358 e. The van der Waals surface area contributed by atoms with E-state index >= 15 is 0 Å². The molecule has 1 heterocycles. The molecule has 2 aromatic rings. The number of carbonyl (C=O) groups is 1. The molecule has 1 atom stereocenters. The molecule has 4 heteroatoms. The lowest BCUT2D eigenvalue weighted by atomic mass is 9.77. The van der Waals surface area contributed by atoms with E-state index in [1.54, 1.807) is 6.92 Å². The molecule has 1 aromatic carbocycles. The largest absolute Gasteiger partial charge is 0.476 e. The first-order valence-electron chi connectivity index (χ1n) is 5.45. The Hall–Kier alpha value is -2.10. The molecule has 1 unspecified atom stereocenters. The van der Waals surface area contributed by atoms with Gasteiger partial charge in [0.15, 0.2) is 5.69 Å². The molecule has 4 nitrogen and oxygen atoms in total. The van der Waals surface area contributed by atoms with Crippen molar-refractivity contribution in [1.82, 2.24) is 4.98 Å². The summed E-state index contributed by atoms with van der Waals surface area (Å²) in [6.45, 7) is 1.63. The molecule has 1 aliphatic carbocycles. The van der Waals surface area contributed by atoms with E-state index in [1.165, 1.54) is 11.1 Å². The van der Waals surface area contributed by atoms with Crippen LogP contribution in [0.25, 0.3) is 0 Å². The van der Waals surface area contributed by atoms with Crippen LogP contribution in [0, 0.1) is 6.92 Å². The summed E-state index contributed by atoms with van der Waals surface area (Å²) in [5.74, 6) is -0.0430. The molecule has 0 aliphatic heterocycles. The van der Waals surface area contributed by atoms with Crippen LogP contribution < -0.4 is 0 Å². The van der Waals surface area contributed by atoms with Gasteiger partial charge in [0.25, 0.3) is 0 Å². The van der Waals surface area contributed by atoms with Crippen molar-refractivity contribution in [3.05, 3.63) is 52.7 Å². The molecule has 0 fully saturated rings. The summed E-state index contributed by atoms with van der Waals surface area (Å²) in [6, 6.07) is 8.07. The number of rotatable bonds is 2. The smallest absolute Gasteiger partial charge is 0.358 e. The van der Waals surface area contributed by atoms with Crippen LogP contribution in [0.3, 0.4) is 0 Å². The fourth-order valence-electron chi connectivity index (χ4n) is 2.24. The SMILES string of the molecule is Cc1oc(C2Cc3ccccc32)nc1C(=O)O. The predicted octanol–water partition coefficient (Wildman–Crippen LogP) is 2.37. The highest BCUT2D eigenvalue weighted by molar-refractivity contribution is 5.86. The fourth-order valence-corrected chi connectivity index (χ4v) is 2.24. The fraction of sp³-hybridized carbons (Fsp3) is 0.231. The molecule has 0 amide bonds.